The quantitative estimate of drug-likeness (QED) is 0.657. The standard InChI is InChI=1S/C8H16N2OS/c1-5(9)7(11)10-6-4-12-8(6,2)3/h5-6H,4,9H2,1-3H3,(H,10,11). The van der Waals surface area contributed by atoms with Crippen molar-refractivity contribution in [3.63, 3.8) is 0 Å². The van der Waals surface area contributed by atoms with Gasteiger partial charge in [-0.3, -0.25) is 4.79 Å². The van der Waals surface area contributed by atoms with Gasteiger partial charge in [-0.05, 0) is 20.8 Å². The van der Waals surface area contributed by atoms with Crippen molar-refractivity contribution >= 4 is 17.7 Å². The predicted octanol–water partition coefficient (Wildman–Crippen LogP) is 0.344. The summed E-state index contributed by atoms with van der Waals surface area (Å²) in [5.41, 5.74) is 5.43. The summed E-state index contributed by atoms with van der Waals surface area (Å²) >= 11 is 1.87. The summed E-state index contributed by atoms with van der Waals surface area (Å²) in [5.74, 6) is 0.958. The Morgan fingerprint density at radius 1 is 1.75 bits per heavy atom. The number of hydrogen-bond donors (Lipinski definition) is 2. The van der Waals surface area contributed by atoms with Gasteiger partial charge >= 0.3 is 0 Å². The highest BCUT2D eigenvalue weighted by atomic mass is 32.2. The summed E-state index contributed by atoms with van der Waals surface area (Å²) < 4.78 is 0.185. The third-order valence-corrected chi connectivity index (χ3v) is 3.72. The number of nitrogens with two attached hydrogens (primary N) is 1. The SMILES string of the molecule is CC(N)C(=O)NC1CSC1(C)C. The van der Waals surface area contributed by atoms with Gasteiger partial charge in [0.2, 0.25) is 5.91 Å². The van der Waals surface area contributed by atoms with E-state index in [1.807, 2.05) is 11.8 Å². The molecule has 3 nitrogen and oxygen atoms in total. The van der Waals surface area contributed by atoms with Gasteiger partial charge in [0.1, 0.15) is 0 Å². The molecule has 1 saturated heterocycles. The van der Waals surface area contributed by atoms with E-state index < -0.39 is 6.04 Å². The van der Waals surface area contributed by atoms with Gasteiger partial charge in [-0.2, -0.15) is 11.8 Å². The number of hydrogen-bond acceptors (Lipinski definition) is 3. The van der Waals surface area contributed by atoms with Gasteiger partial charge in [-0.25, -0.2) is 0 Å². The van der Waals surface area contributed by atoms with Gasteiger partial charge in [0, 0.05) is 10.5 Å². The van der Waals surface area contributed by atoms with Gasteiger partial charge < -0.3 is 11.1 Å². The highest BCUT2D eigenvalue weighted by Gasteiger charge is 2.40. The summed E-state index contributed by atoms with van der Waals surface area (Å²) in [4.78, 5) is 11.2. The van der Waals surface area contributed by atoms with Gasteiger partial charge in [0.25, 0.3) is 0 Å². The molecule has 3 N–H and O–H groups in total. The number of carbonyl (C=O) groups is 1. The van der Waals surface area contributed by atoms with Crippen molar-refractivity contribution in [2.45, 2.75) is 37.6 Å². The second kappa shape index (κ2) is 3.26. The Balaban J connectivity index is 2.38. The van der Waals surface area contributed by atoms with Gasteiger partial charge in [0.05, 0.1) is 12.1 Å². The van der Waals surface area contributed by atoms with E-state index in [0.29, 0.717) is 6.04 Å². The van der Waals surface area contributed by atoms with Gasteiger partial charge in [-0.15, -0.1) is 0 Å². The third kappa shape index (κ3) is 1.93. The maximum absolute atomic E-state index is 11.2. The molecule has 1 aliphatic rings. The smallest absolute Gasteiger partial charge is 0.236 e. The molecule has 0 aromatic carbocycles. The second-order valence-corrected chi connectivity index (χ2v) is 5.44. The molecular formula is C8H16N2OS. The number of thioether (sulfide) groups is 1. The normalized spacial score (nSPS) is 28.8. The molecule has 1 rings (SSSR count). The van der Waals surface area contributed by atoms with Crippen LogP contribution in [0.3, 0.4) is 0 Å². The van der Waals surface area contributed by atoms with Crippen LogP contribution in [0.4, 0.5) is 0 Å². The van der Waals surface area contributed by atoms with Crippen molar-refractivity contribution in [1.82, 2.24) is 5.32 Å². The van der Waals surface area contributed by atoms with Crippen molar-refractivity contribution in [3.05, 3.63) is 0 Å². The first-order valence-corrected chi connectivity index (χ1v) is 5.12. The van der Waals surface area contributed by atoms with E-state index >= 15 is 0 Å². The molecule has 12 heavy (non-hydrogen) atoms. The maximum atomic E-state index is 11.2. The molecule has 0 aliphatic carbocycles. The van der Waals surface area contributed by atoms with E-state index in [-0.39, 0.29) is 10.7 Å². The second-order valence-electron chi connectivity index (χ2n) is 3.76. The number of carbonyl (C=O) groups excluding carboxylic acids is 1. The lowest BCUT2D eigenvalue weighted by molar-refractivity contribution is -0.122. The van der Waals surface area contributed by atoms with Crippen LogP contribution in [0.15, 0.2) is 0 Å². The van der Waals surface area contributed by atoms with Crippen molar-refractivity contribution in [3.8, 4) is 0 Å². The molecule has 0 radical (unpaired) electrons. The molecule has 2 atom stereocenters. The predicted molar refractivity (Wildman–Crippen MR) is 52.1 cm³/mol. The lowest BCUT2D eigenvalue weighted by Gasteiger charge is -2.44. The van der Waals surface area contributed by atoms with Crippen molar-refractivity contribution in [2.24, 2.45) is 5.73 Å². The van der Waals surface area contributed by atoms with Crippen LogP contribution in [0.5, 0.6) is 0 Å². The molecule has 1 heterocycles. The molecule has 0 saturated carbocycles. The molecule has 0 spiro atoms. The van der Waals surface area contributed by atoms with Crippen LogP contribution >= 0.6 is 11.8 Å². The van der Waals surface area contributed by atoms with Crippen molar-refractivity contribution in [1.29, 1.82) is 0 Å². The fourth-order valence-electron chi connectivity index (χ4n) is 1.02. The lowest BCUT2D eigenvalue weighted by Crippen LogP contribution is -2.58. The highest BCUT2D eigenvalue weighted by Crippen LogP contribution is 2.39. The molecule has 2 unspecified atom stereocenters. The van der Waals surface area contributed by atoms with E-state index in [1.54, 1.807) is 6.92 Å². The number of rotatable bonds is 2. The molecule has 4 heteroatoms. The summed E-state index contributed by atoms with van der Waals surface area (Å²) in [6, 6.07) is -0.104. The van der Waals surface area contributed by atoms with Crippen molar-refractivity contribution < 1.29 is 4.79 Å². The Hall–Kier alpha value is -0.220. The van der Waals surface area contributed by atoms with E-state index in [2.05, 4.69) is 19.2 Å². The first kappa shape index (κ1) is 9.86. The van der Waals surface area contributed by atoms with Crippen molar-refractivity contribution in [2.75, 3.05) is 5.75 Å². The van der Waals surface area contributed by atoms with Crippen LogP contribution < -0.4 is 11.1 Å². The molecule has 0 bridgehead atoms. The zero-order valence-corrected chi connectivity index (χ0v) is 8.57. The number of nitrogens with one attached hydrogen (secondary N) is 1. The Morgan fingerprint density at radius 2 is 2.33 bits per heavy atom. The minimum Gasteiger partial charge on any atom is -0.350 e. The average molecular weight is 188 g/mol. The summed E-state index contributed by atoms with van der Waals surface area (Å²) in [6.07, 6.45) is 0. The Morgan fingerprint density at radius 3 is 2.58 bits per heavy atom. The largest absolute Gasteiger partial charge is 0.350 e. The summed E-state index contributed by atoms with van der Waals surface area (Å²) in [7, 11) is 0. The zero-order chi connectivity index (χ0) is 9.35. The zero-order valence-electron chi connectivity index (χ0n) is 7.76. The first-order valence-electron chi connectivity index (χ1n) is 4.13. The molecule has 1 amide bonds. The van der Waals surface area contributed by atoms with E-state index in [9.17, 15) is 4.79 Å². The summed E-state index contributed by atoms with van der Waals surface area (Å²) in [6.45, 7) is 5.97. The number of amides is 1. The monoisotopic (exact) mass is 188 g/mol. The molecule has 70 valence electrons. The van der Waals surface area contributed by atoms with Crippen LogP contribution in [-0.2, 0) is 4.79 Å². The minimum atomic E-state index is -0.397. The first-order chi connectivity index (χ1) is 5.43. The lowest BCUT2D eigenvalue weighted by atomic mass is 10.0. The average Bonchev–Trinajstić information content (AvgIpc) is 1.97. The Bertz CT molecular complexity index is 191. The fourth-order valence-corrected chi connectivity index (χ4v) is 2.16. The van der Waals surface area contributed by atoms with E-state index in [0.717, 1.165) is 5.75 Å². The van der Waals surface area contributed by atoms with Gasteiger partial charge in [0.15, 0.2) is 0 Å². The highest BCUT2D eigenvalue weighted by molar-refractivity contribution is 8.02. The fraction of sp³-hybridized carbons (Fsp3) is 0.875. The topological polar surface area (TPSA) is 55.1 Å². The maximum Gasteiger partial charge on any atom is 0.236 e. The Labute approximate surface area is 77.5 Å². The van der Waals surface area contributed by atoms with Crippen LogP contribution in [0.1, 0.15) is 20.8 Å². The van der Waals surface area contributed by atoms with Crippen LogP contribution in [0, 0.1) is 0 Å². The van der Waals surface area contributed by atoms with Crippen LogP contribution in [0.2, 0.25) is 0 Å². The molecule has 1 aliphatic heterocycles. The van der Waals surface area contributed by atoms with E-state index in [1.165, 1.54) is 0 Å². The summed E-state index contributed by atoms with van der Waals surface area (Å²) in [5, 5.41) is 2.92. The molecular weight excluding hydrogens is 172 g/mol. The van der Waals surface area contributed by atoms with Crippen LogP contribution in [-0.4, -0.2) is 28.5 Å². The molecule has 0 aromatic rings. The van der Waals surface area contributed by atoms with Gasteiger partial charge in [-0.1, -0.05) is 0 Å². The van der Waals surface area contributed by atoms with Crippen LogP contribution in [0.25, 0.3) is 0 Å². The Kier molecular flexibility index (Phi) is 2.68. The third-order valence-electron chi connectivity index (χ3n) is 2.19. The molecule has 1 fully saturated rings. The molecule has 0 aromatic heterocycles. The van der Waals surface area contributed by atoms with E-state index in [4.69, 9.17) is 5.73 Å². The minimum absolute atomic E-state index is 0.0478.